The molecule has 0 aromatic rings. The maximum Gasteiger partial charge on any atom is 1.00 e. The second-order valence-corrected chi connectivity index (χ2v) is 6.00. The first-order chi connectivity index (χ1) is 7.74. The van der Waals surface area contributed by atoms with Crippen LogP contribution in [0.1, 0.15) is 54.3 Å². The van der Waals surface area contributed by atoms with Crippen molar-refractivity contribution in [2.45, 2.75) is 52.9 Å². The van der Waals surface area contributed by atoms with E-state index < -0.39 is 22.8 Å². The fourth-order valence-corrected chi connectivity index (χ4v) is 3.23. The molecule has 2 N–H and O–H groups in total. The van der Waals surface area contributed by atoms with Crippen molar-refractivity contribution in [1.82, 2.24) is 0 Å². The molecular formula is C13H23NaO4. The first-order valence-corrected chi connectivity index (χ1v) is 6.21. The predicted octanol–water partition coefficient (Wildman–Crippen LogP) is -0.115. The third kappa shape index (κ3) is 2.91. The van der Waals surface area contributed by atoms with Gasteiger partial charge in [0, 0.05) is 0 Å². The molecule has 0 radical (unpaired) electrons. The monoisotopic (exact) mass is 266 g/mol. The van der Waals surface area contributed by atoms with E-state index in [0.29, 0.717) is 12.8 Å². The molecule has 1 rings (SSSR count). The van der Waals surface area contributed by atoms with E-state index in [0.717, 1.165) is 19.3 Å². The van der Waals surface area contributed by atoms with Gasteiger partial charge in [-0.15, -0.1) is 0 Å². The van der Waals surface area contributed by atoms with Gasteiger partial charge in [0.05, 0.1) is 0 Å². The summed E-state index contributed by atoms with van der Waals surface area (Å²) in [6.45, 7) is 5.14. The summed E-state index contributed by atoms with van der Waals surface area (Å²) in [6, 6.07) is 0. The maximum absolute atomic E-state index is 11.6. The third-order valence-corrected chi connectivity index (χ3v) is 4.08. The molecule has 100 valence electrons. The van der Waals surface area contributed by atoms with E-state index in [1.807, 2.05) is 0 Å². The first kappa shape index (κ1) is 17.9. The number of carboxylic acid groups (broad SMARTS) is 2. The van der Waals surface area contributed by atoms with Crippen LogP contribution in [-0.4, -0.2) is 22.2 Å². The molecule has 0 saturated heterocycles. The minimum Gasteiger partial charge on any atom is -1.00 e. The van der Waals surface area contributed by atoms with Gasteiger partial charge >= 0.3 is 41.5 Å². The van der Waals surface area contributed by atoms with E-state index >= 15 is 0 Å². The van der Waals surface area contributed by atoms with E-state index in [-0.39, 0.29) is 36.9 Å². The van der Waals surface area contributed by atoms with E-state index in [9.17, 15) is 19.8 Å². The molecule has 0 spiro atoms. The number of carboxylic acids is 2. The number of hydrogen-bond acceptors (Lipinski definition) is 2. The zero-order chi connectivity index (χ0) is 13.3. The van der Waals surface area contributed by atoms with Crippen LogP contribution in [-0.2, 0) is 9.59 Å². The Morgan fingerprint density at radius 3 is 1.67 bits per heavy atom. The number of carbonyl (C=O) groups is 2. The Morgan fingerprint density at radius 2 is 1.39 bits per heavy atom. The fourth-order valence-electron chi connectivity index (χ4n) is 3.23. The van der Waals surface area contributed by atoms with Crippen molar-refractivity contribution in [3.63, 3.8) is 0 Å². The summed E-state index contributed by atoms with van der Waals surface area (Å²) in [6.07, 6.45) is 4.35. The first-order valence-electron chi connectivity index (χ1n) is 6.21. The molecule has 18 heavy (non-hydrogen) atoms. The molecule has 0 bridgehead atoms. The summed E-state index contributed by atoms with van der Waals surface area (Å²) >= 11 is 0. The molecule has 0 amide bonds. The van der Waals surface area contributed by atoms with Gasteiger partial charge in [-0.3, -0.25) is 9.59 Å². The molecule has 1 aliphatic rings. The summed E-state index contributed by atoms with van der Waals surface area (Å²) in [5.41, 5.74) is -2.44. The molecule has 0 aliphatic heterocycles. The summed E-state index contributed by atoms with van der Waals surface area (Å²) in [5.74, 6) is -2.64. The van der Waals surface area contributed by atoms with Crippen LogP contribution in [0.3, 0.4) is 0 Å². The van der Waals surface area contributed by atoms with Crippen LogP contribution in [0.25, 0.3) is 0 Å². The summed E-state index contributed by atoms with van der Waals surface area (Å²) < 4.78 is 0. The summed E-state index contributed by atoms with van der Waals surface area (Å²) in [4.78, 5) is 23.3. The predicted molar refractivity (Wildman–Crippen MR) is 64.8 cm³/mol. The van der Waals surface area contributed by atoms with Crippen molar-refractivity contribution in [2.75, 3.05) is 0 Å². The molecule has 1 saturated carbocycles. The Balaban J connectivity index is 0. The van der Waals surface area contributed by atoms with Crippen molar-refractivity contribution in [3.8, 4) is 0 Å². The quantitative estimate of drug-likeness (QED) is 0.552. The van der Waals surface area contributed by atoms with Crippen molar-refractivity contribution in [2.24, 2.45) is 16.7 Å². The second-order valence-electron chi connectivity index (χ2n) is 6.00. The van der Waals surface area contributed by atoms with E-state index in [4.69, 9.17) is 0 Å². The topological polar surface area (TPSA) is 74.6 Å². The maximum atomic E-state index is 11.6. The molecule has 0 aromatic carbocycles. The Hall–Kier alpha value is -0.0600. The Labute approximate surface area is 132 Å². The zero-order valence-corrected chi connectivity index (χ0v) is 13.8. The number of aliphatic carboxylic acids is 2. The van der Waals surface area contributed by atoms with E-state index in [1.165, 1.54) is 0 Å². The normalized spacial score (nSPS) is 17.9. The van der Waals surface area contributed by atoms with Gasteiger partial charge in [-0.1, -0.05) is 40.0 Å². The molecular weight excluding hydrogens is 243 g/mol. The van der Waals surface area contributed by atoms with Gasteiger partial charge in [-0.25, -0.2) is 0 Å². The average molecular weight is 266 g/mol. The van der Waals surface area contributed by atoms with Crippen molar-refractivity contribution in [1.29, 1.82) is 0 Å². The minimum atomic E-state index is -1.66. The van der Waals surface area contributed by atoms with Crippen LogP contribution >= 0.6 is 0 Å². The van der Waals surface area contributed by atoms with Crippen LogP contribution in [0.15, 0.2) is 0 Å². The fraction of sp³-hybridized carbons (Fsp3) is 0.846. The average Bonchev–Trinajstić information content (AvgIpc) is 2.16. The summed E-state index contributed by atoms with van der Waals surface area (Å²) in [5, 5.41) is 19.0. The Morgan fingerprint density at radius 1 is 1.00 bits per heavy atom. The molecule has 0 atom stereocenters. The molecule has 0 aromatic heterocycles. The molecule has 1 fully saturated rings. The van der Waals surface area contributed by atoms with Gasteiger partial charge in [-0.2, -0.15) is 0 Å². The molecule has 4 nitrogen and oxygen atoms in total. The molecule has 0 heterocycles. The Bertz CT molecular complexity index is 305. The van der Waals surface area contributed by atoms with Gasteiger partial charge in [0.1, 0.15) is 0 Å². The van der Waals surface area contributed by atoms with Crippen molar-refractivity contribution < 1.29 is 50.8 Å². The standard InChI is InChI=1S/C13H22O4.Na.H/c1-12(2,3)13(10(14)15,11(16)17)9-7-5-4-6-8-9;;/h9H,4-8H2,1-3H3,(H,14,15)(H,16,17);;/q;+1;-1. The smallest absolute Gasteiger partial charge is 1.00 e. The number of hydrogen-bond donors (Lipinski definition) is 2. The molecule has 0 unspecified atom stereocenters. The van der Waals surface area contributed by atoms with Crippen LogP contribution in [0, 0.1) is 16.7 Å². The third-order valence-electron chi connectivity index (χ3n) is 4.08. The van der Waals surface area contributed by atoms with Gasteiger partial charge in [0.25, 0.3) is 0 Å². The van der Waals surface area contributed by atoms with Crippen LogP contribution < -0.4 is 29.6 Å². The summed E-state index contributed by atoms with van der Waals surface area (Å²) in [7, 11) is 0. The van der Waals surface area contributed by atoms with Crippen LogP contribution in [0.4, 0.5) is 0 Å². The van der Waals surface area contributed by atoms with Crippen molar-refractivity contribution >= 4 is 11.9 Å². The van der Waals surface area contributed by atoms with Crippen molar-refractivity contribution in [3.05, 3.63) is 0 Å². The van der Waals surface area contributed by atoms with Gasteiger partial charge in [-0.05, 0) is 24.2 Å². The molecule has 5 heteroatoms. The minimum absolute atomic E-state index is 0. The van der Waals surface area contributed by atoms with Gasteiger partial charge in [0.15, 0.2) is 5.41 Å². The van der Waals surface area contributed by atoms with Crippen LogP contribution in [0.2, 0.25) is 0 Å². The van der Waals surface area contributed by atoms with Crippen LogP contribution in [0.5, 0.6) is 0 Å². The number of rotatable bonds is 3. The Kier molecular flexibility index (Phi) is 6.38. The van der Waals surface area contributed by atoms with E-state index in [1.54, 1.807) is 20.8 Å². The zero-order valence-electron chi connectivity index (χ0n) is 12.8. The van der Waals surface area contributed by atoms with E-state index in [2.05, 4.69) is 0 Å². The second kappa shape index (κ2) is 6.40. The van der Waals surface area contributed by atoms with Gasteiger partial charge < -0.3 is 11.6 Å². The largest absolute Gasteiger partial charge is 1.00 e. The SMILES string of the molecule is CC(C)(C)C(C(=O)O)(C(=O)O)C1CCCCC1.[H-].[Na+]. The molecule has 1 aliphatic carbocycles. The van der Waals surface area contributed by atoms with Gasteiger partial charge in [0.2, 0.25) is 0 Å².